The Morgan fingerprint density at radius 1 is 1.17 bits per heavy atom. The molecule has 2 N–H and O–H groups in total. The van der Waals surface area contributed by atoms with Crippen LogP contribution in [-0.2, 0) is 4.74 Å². The average molecular weight is 414 g/mol. The molecule has 1 aliphatic rings. The van der Waals surface area contributed by atoms with Gasteiger partial charge in [-0.3, -0.25) is 5.32 Å². The van der Waals surface area contributed by atoms with Crippen molar-refractivity contribution in [1.29, 1.82) is 0 Å². The van der Waals surface area contributed by atoms with Crippen molar-refractivity contribution in [1.82, 2.24) is 9.97 Å². The molecule has 1 saturated carbocycles. The zero-order chi connectivity index (χ0) is 21.3. The van der Waals surface area contributed by atoms with E-state index in [0.29, 0.717) is 18.4 Å². The van der Waals surface area contributed by atoms with E-state index in [1.165, 1.54) is 56.9 Å². The van der Waals surface area contributed by atoms with Crippen LogP contribution < -0.4 is 5.32 Å². The number of carbonyl (C=O) groups excluding carboxylic acids is 1. The minimum absolute atomic E-state index is 0.368. The fourth-order valence-electron chi connectivity index (χ4n) is 4.49. The van der Waals surface area contributed by atoms with E-state index < -0.39 is 0 Å². The van der Waals surface area contributed by atoms with Crippen molar-refractivity contribution in [2.45, 2.75) is 103 Å². The van der Waals surface area contributed by atoms with Crippen LogP contribution in [0.15, 0.2) is 12.1 Å². The second-order valence-electron chi connectivity index (χ2n) is 8.92. The Balaban J connectivity index is 1.85. The zero-order valence-electron chi connectivity index (χ0n) is 19.1. The standard InChI is InChI=1S/C25H39N3O2/c1-4-6-9-12-18(3)20-16-22-23(17-21(20)28-25(29)30-15-7-5-2)27-24(26-22)19-13-10-8-11-14-19/h16-19H,4-15H2,1-3H3,(H,26,27)(H,28,29). The first-order valence-electron chi connectivity index (χ1n) is 12.1. The van der Waals surface area contributed by atoms with Crippen LogP contribution in [0.3, 0.4) is 0 Å². The SMILES string of the molecule is CCCCCC(C)c1cc2[nH]c(C3CCCCC3)nc2cc1NC(=O)OCCCC. The molecule has 3 rings (SSSR count). The molecule has 1 amide bonds. The number of benzene rings is 1. The van der Waals surface area contributed by atoms with Crippen molar-refractivity contribution in [2.24, 2.45) is 0 Å². The molecule has 1 unspecified atom stereocenters. The Morgan fingerprint density at radius 3 is 2.67 bits per heavy atom. The van der Waals surface area contributed by atoms with Crippen molar-refractivity contribution < 1.29 is 9.53 Å². The van der Waals surface area contributed by atoms with Gasteiger partial charge in [-0.05, 0) is 49.3 Å². The molecule has 0 bridgehead atoms. The van der Waals surface area contributed by atoms with Crippen molar-refractivity contribution in [2.75, 3.05) is 11.9 Å². The van der Waals surface area contributed by atoms with Crippen LogP contribution >= 0.6 is 0 Å². The molecular formula is C25H39N3O2. The maximum Gasteiger partial charge on any atom is 0.411 e. The normalized spacial score (nSPS) is 16.0. The van der Waals surface area contributed by atoms with Gasteiger partial charge in [0, 0.05) is 11.6 Å². The number of aromatic amines is 1. The third-order valence-electron chi connectivity index (χ3n) is 6.40. The van der Waals surface area contributed by atoms with Crippen LogP contribution in [0.1, 0.15) is 115 Å². The first kappa shape index (κ1) is 22.6. The zero-order valence-corrected chi connectivity index (χ0v) is 19.1. The quantitative estimate of drug-likeness (QED) is 0.393. The number of amides is 1. The second kappa shape index (κ2) is 11.4. The summed E-state index contributed by atoms with van der Waals surface area (Å²) >= 11 is 0. The van der Waals surface area contributed by atoms with Gasteiger partial charge in [-0.25, -0.2) is 9.78 Å². The van der Waals surface area contributed by atoms with Gasteiger partial charge in [0.2, 0.25) is 0 Å². The highest BCUT2D eigenvalue weighted by molar-refractivity contribution is 5.90. The molecule has 5 nitrogen and oxygen atoms in total. The number of fused-ring (bicyclic) bond motifs is 1. The molecule has 0 aliphatic heterocycles. The van der Waals surface area contributed by atoms with Gasteiger partial charge in [-0.1, -0.05) is 65.7 Å². The number of anilines is 1. The number of hydrogen-bond donors (Lipinski definition) is 2. The molecule has 166 valence electrons. The van der Waals surface area contributed by atoms with Gasteiger partial charge < -0.3 is 9.72 Å². The van der Waals surface area contributed by atoms with Gasteiger partial charge in [-0.15, -0.1) is 0 Å². The summed E-state index contributed by atoms with van der Waals surface area (Å²) in [6.07, 6.45) is 12.6. The molecule has 5 heteroatoms. The molecular weight excluding hydrogens is 374 g/mol. The summed E-state index contributed by atoms with van der Waals surface area (Å²) < 4.78 is 5.35. The lowest BCUT2D eigenvalue weighted by molar-refractivity contribution is 0.160. The molecule has 0 spiro atoms. The van der Waals surface area contributed by atoms with Gasteiger partial charge in [0.05, 0.1) is 17.6 Å². The third kappa shape index (κ3) is 5.99. The van der Waals surface area contributed by atoms with E-state index in [1.54, 1.807) is 0 Å². The summed E-state index contributed by atoms with van der Waals surface area (Å²) in [4.78, 5) is 20.9. The second-order valence-corrected chi connectivity index (χ2v) is 8.92. The van der Waals surface area contributed by atoms with E-state index in [9.17, 15) is 4.79 Å². The Bertz CT molecular complexity index is 808. The number of unbranched alkanes of at least 4 members (excludes halogenated alkanes) is 3. The Labute approximate surface area is 181 Å². The van der Waals surface area contributed by atoms with Crippen LogP contribution in [0, 0.1) is 0 Å². The smallest absolute Gasteiger partial charge is 0.411 e. The number of H-pyrrole nitrogens is 1. The van der Waals surface area contributed by atoms with Crippen LogP contribution in [0.4, 0.5) is 10.5 Å². The molecule has 1 aliphatic carbocycles. The lowest BCUT2D eigenvalue weighted by Crippen LogP contribution is -2.16. The largest absolute Gasteiger partial charge is 0.449 e. The molecule has 0 radical (unpaired) electrons. The number of hydrogen-bond acceptors (Lipinski definition) is 3. The number of imidazole rings is 1. The molecule has 1 aromatic carbocycles. The van der Waals surface area contributed by atoms with E-state index in [4.69, 9.17) is 9.72 Å². The van der Waals surface area contributed by atoms with Gasteiger partial charge >= 0.3 is 6.09 Å². The number of carbonyl (C=O) groups is 1. The van der Waals surface area contributed by atoms with Crippen LogP contribution in [0.5, 0.6) is 0 Å². The highest BCUT2D eigenvalue weighted by Crippen LogP contribution is 2.35. The number of rotatable bonds is 10. The van der Waals surface area contributed by atoms with Crippen LogP contribution in [0.2, 0.25) is 0 Å². The maximum atomic E-state index is 12.3. The fourth-order valence-corrected chi connectivity index (χ4v) is 4.49. The van der Waals surface area contributed by atoms with Crippen molar-refractivity contribution >= 4 is 22.8 Å². The van der Waals surface area contributed by atoms with E-state index in [2.05, 4.69) is 37.1 Å². The topological polar surface area (TPSA) is 67.0 Å². The van der Waals surface area contributed by atoms with Gasteiger partial charge in [0.25, 0.3) is 0 Å². The van der Waals surface area contributed by atoms with E-state index >= 15 is 0 Å². The fraction of sp³-hybridized carbons (Fsp3) is 0.680. The minimum Gasteiger partial charge on any atom is -0.449 e. The first-order valence-corrected chi connectivity index (χ1v) is 12.1. The van der Waals surface area contributed by atoms with Crippen LogP contribution in [-0.4, -0.2) is 22.7 Å². The lowest BCUT2D eigenvalue weighted by atomic mass is 9.89. The first-order chi connectivity index (χ1) is 14.6. The summed E-state index contributed by atoms with van der Waals surface area (Å²) in [7, 11) is 0. The van der Waals surface area contributed by atoms with Gasteiger partial charge in [0.1, 0.15) is 5.82 Å². The summed E-state index contributed by atoms with van der Waals surface area (Å²) in [5.74, 6) is 2.01. The van der Waals surface area contributed by atoms with Gasteiger partial charge in [0.15, 0.2) is 0 Å². The molecule has 1 fully saturated rings. The monoisotopic (exact) mass is 413 g/mol. The highest BCUT2D eigenvalue weighted by Gasteiger charge is 2.21. The number of aromatic nitrogens is 2. The van der Waals surface area contributed by atoms with Crippen molar-refractivity contribution in [3.63, 3.8) is 0 Å². The molecule has 0 saturated heterocycles. The number of nitrogens with zero attached hydrogens (tertiary/aromatic N) is 1. The average Bonchev–Trinajstić information content (AvgIpc) is 3.17. The van der Waals surface area contributed by atoms with E-state index in [1.807, 2.05) is 6.07 Å². The highest BCUT2D eigenvalue weighted by atomic mass is 16.5. The van der Waals surface area contributed by atoms with E-state index in [0.717, 1.165) is 41.8 Å². The molecule has 2 aromatic rings. The maximum absolute atomic E-state index is 12.3. The summed E-state index contributed by atoms with van der Waals surface area (Å²) in [6, 6.07) is 4.23. The number of ether oxygens (including phenoxy) is 1. The Morgan fingerprint density at radius 2 is 1.93 bits per heavy atom. The minimum atomic E-state index is -0.368. The van der Waals surface area contributed by atoms with Crippen LogP contribution in [0.25, 0.3) is 11.0 Å². The lowest BCUT2D eigenvalue weighted by Gasteiger charge is -2.19. The van der Waals surface area contributed by atoms with Crippen molar-refractivity contribution in [3.8, 4) is 0 Å². The molecule has 30 heavy (non-hydrogen) atoms. The summed E-state index contributed by atoms with van der Waals surface area (Å²) in [6.45, 7) is 7.03. The summed E-state index contributed by atoms with van der Waals surface area (Å²) in [5, 5.41) is 3.01. The number of nitrogens with one attached hydrogen (secondary N) is 2. The predicted molar refractivity (Wildman–Crippen MR) is 124 cm³/mol. The van der Waals surface area contributed by atoms with Crippen molar-refractivity contribution in [3.05, 3.63) is 23.5 Å². The summed E-state index contributed by atoms with van der Waals surface area (Å²) in [5.41, 5.74) is 4.03. The molecule has 1 aromatic heterocycles. The van der Waals surface area contributed by atoms with Gasteiger partial charge in [-0.2, -0.15) is 0 Å². The Kier molecular flexibility index (Phi) is 8.59. The predicted octanol–water partition coefficient (Wildman–Crippen LogP) is 7.64. The Hall–Kier alpha value is -2.04. The van der Waals surface area contributed by atoms with E-state index in [-0.39, 0.29) is 6.09 Å². The third-order valence-corrected chi connectivity index (χ3v) is 6.40. The molecule has 1 atom stereocenters. The molecule has 1 heterocycles.